The highest BCUT2D eigenvalue weighted by atomic mass is 35.5. The molecule has 31 heavy (non-hydrogen) atoms. The van der Waals surface area contributed by atoms with Gasteiger partial charge in [0.15, 0.2) is 5.13 Å². The van der Waals surface area contributed by atoms with Crippen molar-refractivity contribution in [3.63, 3.8) is 0 Å². The molecule has 0 unspecified atom stereocenters. The number of aryl methyl sites for hydroxylation is 2. The Bertz CT molecular complexity index is 1200. The van der Waals surface area contributed by atoms with E-state index < -0.39 is 10.0 Å². The van der Waals surface area contributed by atoms with Gasteiger partial charge in [-0.2, -0.15) is 4.31 Å². The molecule has 1 aliphatic rings. The molecule has 1 aromatic heterocycles. The van der Waals surface area contributed by atoms with Crippen LogP contribution in [0.3, 0.4) is 0 Å². The van der Waals surface area contributed by atoms with Gasteiger partial charge in [-0.05, 0) is 43.2 Å². The van der Waals surface area contributed by atoms with E-state index >= 15 is 0 Å². The lowest BCUT2D eigenvalue weighted by molar-refractivity contribution is 0.384. The molecule has 2 heterocycles. The van der Waals surface area contributed by atoms with Gasteiger partial charge in [-0.3, -0.25) is 0 Å². The molecule has 0 bridgehead atoms. The van der Waals surface area contributed by atoms with Gasteiger partial charge < -0.3 is 4.90 Å². The SMILES string of the molecule is Cc1ccc(C)c(Cc2csc(N3CCN(S(=O)(=O)c4cc(Cl)ccc4Cl)CC3)n2)c1. The number of thiazole rings is 1. The van der Waals surface area contributed by atoms with E-state index in [1.54, 1.807) is 17.4 Å². The minimum Gasteiger partial charge on any atom is -0.345 e. The Hall–Kier alpha value is -1.64. The Morgan fingerprint density at radius 1 is 1.03 bits per heavy atom. The summed E-state index contributed by atoms with van der Waals surface area (Å²) < 4.78 is 27.5. The first-order valence-corrected chi connectivity index (χ1v) is 13.0. The largest absolute Gasteiger partial charge is 0.345 e. The average Bonchev–Trinajstić information content (AvgIpc) is 3.21. The van der Waals surface area contributed by atoms with Crippen LogP contribution in [0.2, 0.25) is 10.0 Å². The summed E-state index contributed by atoms with van der Waals surface area (Å²) in [5, 5.41) is 3.55. The zero-order valence-electron chi connectivity index (χ0n) is 17.3. The van der Waals surface area contributed by atoms with Gasteiger partial charge in [0.2, 0.25) is 10.0 Å². The second-order valence-corrected chi connectivity index (χ2v) is 11.3. The van der Waals surface area contributed by atoms with Crippen LogP contribution in [0.5, 0.6) is 0 Å². The molecule has 1 fully saturated rings. The van der Waals surface area contributed by atoms with Gasteiger partial charge in [0.05, 0.1) is 10.7 Å². The van der Waals surface area contributed by atoms with E-state index in [4.69, 9.17) is 28.2 Å². The molecular weight excluding hydrogens is 473 g/mol. The second kappa shape index (κ2) is 9.08. The number of sulfonamides is 1. The lowest BCUT2D eigenvalue weighted by Gasteiger charge is -2.34. The summed E-state index contributed by atoms with van der Waals surface area (Å²) >= 11 is 13.7. The van der Waals surface area contributed by atoms with Gasteiger partial charge >= 0.3 is 0 Å². The van der Waals surface area contributed by atoms with Gasteiger partial charge in [0, 0.05) is 43.0 Å². The van der Waals surface area contributed by atoms with Crippen LogP contribution in [0.1, 0.15) is 22.4 Å². The molecule has 164 valence electrons. The first-order valence-electron chi connectivity index (χ1n) is 9.95. The zero-order chi connectivity index (χ0) is 22.2. The number of aromatic nitrogens is 1. The number of halogens is 2. The smallest absolute Gasteiger partial charge is 0.244 e. The van der Waals surface area contributed by atoms with Crippen molar-refractivity contribution in [2.75, 3.05) is 31.1 Å². The van der Waals surface area contributed by atoms with Gasteiger partial charge in [-0.25, -0.2) is 13.4 Å². The summed E-state index contributed by atoms with van der Waals surface area (Å²) in [5.74, 6) is 0. The fraction of sp³-hybridized carbons (Fsp3) is 0.318. The number of piperazine rings is 1. The molecule has 0 N–H and O–H groups in total. The number of benzene rings is 2. The quantitative estimate of drug-likeness (QED) is 0.489. The Kier molecular flexibility index (Phi) is 6.60. The van der Waals surface area contributed by atoms with Crippen LogP contribution in [0.15, 0.2) is 46.7 Å². The van der Waals surface area contributed by atoms with Crippen LogP contribution >= 0.6 is 34.5 Å². The third-order valence-electron chi connectivity index (χ3n) is 5.44. The summed E-state index contributed by atoms with van der Waals surface area (Å²) in [6.45, 7) is 6.11. The molecule has 0 atom stereocenters. The molecule has 0 spiro atoms. The molecule has 5 nitrogen and oxygen atoms in total. The van der Waals surface area contributed by atoms with Crippen molar-refractivity contribution in [3.05, 3.63) is 74.2 Å². The Balaban J connectivity index is 1.43. The number of hydrogen-bond acceptors (Lipinski definition) is 5. The van der Waals surface area contributed by atoms with E-state index in [1.807, 2.05) is 0 Å². The first kappa shape index (κ1) is 22.6. The van der Waals surface area contributed by atoms with Crippen molar-refractivity contribution >= 4 is 49.7 Å². The average molecular weight is 496 g/mol. The van der Waals surface area contributed by atoms with Crippen molar-refractivity contribution < 1.29 is 8.42 Å². The molecule has 0 aliphatic carbocycles. The monoisotopic (exact) mass is 495 g/mol. The van der Waals surface area contributed by atoms with Gasteiger partial charge in [-0.1, -0.05) is 47.0 Å². The van der Waals surface area contributed by atoms with Gasteiger partial charge in [0.1, 0.15) is 4.90 Å². The lowest BCUT2D eigenvalue weighted by atomic mass is 10.0. The van der Waals surface area contributed by atoms with Crippen molar-refractivity contribution in [3.8, 4) is 0 Å². The molecule has 3 aromatic rings. The predicted molar refractivity (Wildman–Crippen MR) is 128 cm³/mol. The predicted octanol–water partition coefficient (Wildman–Crippen LogP) is 5.17. The van der Waals surface area contributed by atoms with Crippen LogP contribution in [0.25, 0.3) is 0 Å². The molecule has 0 saturated carbocycles. The van der Waals surface area contributed by atoms with E-state index in [0.717, 1.165) is 17.2 Å². The van der Waals surface area contributed by atoms with Crippen molar-refractivity contribution in [1.29, 1.82) is 0 Å². The molecular formula is C22H23Cl2N3O2S2. The fourth-order valence-corrected chi connectivity index (χ4v) is 6.68. The summed E-state index contributed by atoms with van der Waals surface area (Å²) in [6.07, 6.45) is 0.797. The molecule has 2 aromatic carbocycles. The number of anilines is 1. The van der Waals surface area contributed by atoms with E-state index in [9.17, 15) is 8.42 Å². The lowest BCUT2D eigenvalue weighted by Crippen LogP contribution is -2.48. The second-order valence-electron chi connectivity index (χ2n) is 7.69. The third kappa shape index (κ3) is 4.91. The van der Waals surface area contributed by atoms with Crippen molar-refractivity contribution in [2.45, 2.75) is 25.2 Å². The maximum Gasteiger partial charge on any atom is 0.244 e. The summed E-state index contributed by atoms with van der Waals surface area (Å²) in [4.78, 5) is 7.01. The van der Waals surface area contributed by atoms with E-state index in [0.29, 0.717) is 31.2 Å². The van der Waals surface area contributed by atoms with E-state index in [2.05, 4.69) is 42.3 Å². The van der Waals surface area contributed by atoms with Crippen LogP contribution in [-0.2, 0) is 16.4 Å². The van der Waals surface area contributed by atoms with Crippen LogP contribution in [0.4, 0.5) is 5.13 Å². The zero-order valence-corrected chi connectivity index (χ0v) is 20.5. The first-order chi connectivity index (χ1) is 14.7. The number of hydrogen-bond donors (Lipinski definition) is 0. The van der Waals surface area contributed by atoms with Gasteiger partial charge in [-0.15, -0.1) is 11.3 Å². The fourth-order valence-electron chi connectivity index (χ4n) is 3.64. The Morgan fingerprint density at radius 3 is 2.52 bits per heavy atom. The standard InChI is InChI=1S/C22H23Cl2N3O2S2/c1-15-3-4-16(2)17(11-15)12-19-14-30-22(25-19)26-7-9-27(10-8-26)31(28,29)21-13-18(23)5-6-20(21)24/h3-6,11,13-14H,7-10,12H2,1-2H3. The van der Waals surface area contributed by atoms with Crippen LogP contribution in [0, 0.1) is 13.8 Å². The maximum atomic E-state index is 13.0. The maximum absolute atomic E-state index is 13.0. The van der Waals surface area contributed by atoms with Gasteiger partial charge in [0.25, 0.3) is 0 Å². The third-order valence-corrected chi connectivity index (χ3v) is 9.00. The Labute approximate surface area is 197 Å². The normalized spacial score (nSPS) is 15.4. The highest BCUT2D eigenvalue weighted by Gasteiger charge is 2.31. The minimum atomic E-state index is -3.69. The van der Waals surface area contributed by atoms with Crippen LogP contribution in [-0.4, -0.2) is 43.9 Å². The minimum absolute atomic E-state index is 0.0557. The van der Waals surface area contributed by atoms with Crippen molar-refractivity contribution in [1.82, 2.24) is 9.29 Å². The molecule has 1 aliphatic heterocycles. The van der Waals surface area contributed by atoms with Crippen LogP contribution < -0.4 is 4.90 Å². The molecule has 1 saturated heterocycles. The highest BCUT2D eigenvalue weighted by molar-refractivity contribution is 7.89. The summed E-state index contributed by atoms with van der Waals surface area (Å²) in [5.41, 5.74) is 4.83. The summed E-state index contributed by atoms with van der Waals surface area (Å²) in [6, 6.07) is 11.0. The molecule has 9 heteroatoms. The molecule has 4 rings (SSSR count). The summed E-state index contributed by atoms with van der Waals surface area (Å²) in [7, 11) is -3.69. The molecule has 0 amide bonds. The van der Waals surface area contributed by atoms with E-state index in [-0.39, 0.29) is 9.92 Å². The highest BCUT2D eigenvalue weighted by Crippen LogP contribution is 2.30. The number of nitrogens with zero attached hydrogens (tertiary/aromatic N) is 3. The van der Waals surface area contributed by atoms with Crippen molar-refractivity contribution in [2.24, 2.45) is 0 Å². The molecule has 0 radical (unpaired) electrons. The topological polar surface area (TPSA) is 53.5 Å². The van der Waals surface area contributed by atoms with E-state index in [1.165, 1.54) is 33.1 Å². The Morgan fingerprint density at radius 2 is 1.77 bits per heavy atom. The number of rotatable bonds is 5.